The molecule has 1 atom stereocenters. The van der Waals surface area contributed by atoms with E-state index >= 15 is 0 Å². The number of carbonyl (C=O) groups excluding carboxylic acids is 1. The van der Waals surface area contributed by atoms with Crippen LogP contribution in [-0.4, -0.2) is 5.91 Å². The van der Waals surface area contributed by atoms with Crippen LogP contribution in [0.25, 0.3) is 0 Å². The Morgan fingerprint density at radius 3 is 2.54 bits per heavy atom. The van der Waals surface area contributed by atoms with E-state index in [1.165, 1.54) is 22.3 Å². The van der Waals surface area contributed by atoms with Gasteiger partial charge in [-0.25, -0.2) is 0 Å². The van der Waals surface area contributed by atoms with Crippen LogP contribution in [0.4, 0.5) is 0 Å². The van der Waals surface area contributed by atoms with Crippen molar-refractivity contribution in [2.75, 3.05) is 0 Å². The molecule has 0 spiro atoms. The van der Waals surface area contributed by atoms with Gasteiger partial charge in [0.1, 0.15) is 0 Å². The first-order chi connectivity index (χ1) is 11.6. The van der Waals surface area contributed by atoms with Crippen molar-refractivity contribution in [1.29, 1.82) is 0 Å². The van der Waals surface area contributed by atoms with Crippen molar-refractivity contribution in [3.63, 3.8) is 0 Å². The fraction of sp³-hybridized carbons (Fsp3) is 0.381. The maximum absolute atomic E-state index is 12.7. The molecule has 2 N–H and O–H groups in total. The summed E-state index contributed by atoms with van der Waals surface area (Å²) in [5.41, 5.74) is 5.11. The molecule has 1 unspecified atom stereocenters. The van der Waals surface area contributed by atoms with E-state index in [2.05, 4.69) is 54.8 Å². The summed E-state index contributed by atoms with van der Waals surface area (Å²) in [5, 5.41) is 6.49. The molecule has 0 radical (unpaired) electrons. The number of nitrogens with one attached hydrogen (secondary N) is 2. The van der Waals surface area contributed by atoms with Gasteiger partial charge in [0.2, 0.25) is 5.91 Å². The minimum Gasteiger partial charge on any atom is -0.352 e. The van der Waals surface area contributed by atoms with E-state index in [-0.39, 0.29) is 11.8 Å². The quantitative estimate of drug-likeness (QED) is 0.855. The number of hydrogen-bond acceptors (Lipinski definition) is 2. The zero-order chi connectivity index (χ0) is 16.9. The van der Waals surface area contributed by atoms with Crippen LogP contribution in [0.5, 0.6) is 0 Å². The summed E-state index contributed by atoms with van der Waals surface area (Å²) in [6.07, 6.45) is 0.790. The number of benzene rings is 2. The molecule has 24 heavy (non-hydrogen) atoms. The summed E-state index contributed by atoms with van der Waals surface area (Å²) in [6, 6.07) is 16.8. The van der Waals surface area contributed by atoms with Gasteiger partial charge < -0.3 is 10.6 Å². The minimum absolute atomic E-state index is 0.00324. The van der Waals surface area contributed by atoms with Crippen LogP contribution in [0.3, 0.4) is 0 Å². The molecule has 0 fully saturated rings. The molecular weight excluding hydrogens is 296 g/mol. The van der Waals surface area contributed by atoms with Crippen molar-refractivity contribution in [1.82, 2.24) is 10.6 Å². The van der Waals surface area contributed by atoms with Gasteiger partial charge in [0.25, 0.3) is 0 Å². The third-order valence-electron chi connectivity index (χ3n) is 4.81. The molecule has 0 bridgehead atoms. The Morgan fingerprint density at radius 2 is 1.79 bits per heavy atom. The molecule has 3 nitrogen and oxygen atoms in total. The molecule has 1 amide bonds. The lowest BCUT2D eigenvalue weighted by molar-refractivity contribution is -0.126. The summed E-state index contributed by atoms with van der Waals surface area (Å²) in [4.78, 5) is 12.7. The predicted molar refractivity (Wildman–Crippen MR) is 97.3 cm³/mol. The largest absolute Gasteiger partial charge is 0.352 e. The molecule has 2 aromatic carbocycles. The van der Waals surface area contributed by atoms with Crippen molar-refractivity contribution >= 4 is 5.91 Å². The average Bonchev–Trinajstić information content (AvgIpc) is 3.06. The first-order valence-corrected chi connectivity index (χ1v) is 8.76. The highest BCUT2D eigenvalue weighted by molar-refractivity contribution is 5.79. The molecule has 0 aliphatic carbocycles. The van der Waals surface area contributed by atoms with Crippen LogP contribution in [0, 0.1) is 11.8 Å². The number of hydrogen-bond donors (Lipinski definition) is 2. The highest BCUT2D eigenvalue weighted by atomic mass is 16.1. The Bertz CT molecular complexity index is 694. The Morgan fingerprint density at radius 1 is 1.04 bits per heavy atom. The lowest BCUT2D eigenvalue weighted by Crippen LogP contribution is -2.34. The maximum Gasteiger partial charge on any atom is 0.223 e. The highest BCUT2D eigenvalue weighted by Gasteiger charge is 2.22. The van der Waals surface area contributed by atoms with Gasteiger partial charge in [-0.2, -0.15) is 0 Å². The molecule has 1 aliphatic heterocycles. The number of carbonyl (C=O) groups is 1. The topological polar surface area (TPSA) is 41.1 Å². The molecule has 1 heterocycles. The van der Waals surface area contributed by atoms with Crippen LogP contribution < -0.4 is 10.6 Å². The van der Waals surface area contributed by atoms with Gasteiger partial charge >= 0.3 is 0 Å². The zero-order valence-corrected chi connectivity index (χ0v) is 14.5. The normalized spacial score (nSPS) is 14.5. The molecule has 0 saturated carbocycles. The van der Waals surface area contributed by atoms with Gasteiger partial charge in [0, 0.05) is 25.6 Å². The second-order valence-electron chi connectivity index (χ2n) is 6.96. The monoisotopic (exact) mass is 322 g/mol. The average molecular weight is 322 g/mol. The Kier molecular flexibility index (Phi) is 5.31. The molecular formula is C21H26N2O. The predicted octanol–water partition coefficient (Wildman–Crippen LogP) is 3.42. The van der Waals surface area contributed by atoms with Gasteiger partial charge in [-0.05, 0) is 34.6 Å². The molecule has 3 rings (SSSR count). The van der Waals surface area contributed by atoms with E-state index in [0.717, 1.165) is 19.5 Å². The van der Waals surface area contributed by atoms with E-state index in [1.54, 1.807) is 0 Å². The summed E-state index contributed by atoms with van der Waals surface area (Å²) >= 11 is 0. The lowest BCUT2D eigenvalue weighted by atomic mass is 9.88. The van der Waals surface area contributed by atoms with Crippen molar-refractivity contribution in [2.45, 2.75) is 39.9 Å². The fourth-order valence-electron chi connectivity index (χ4n) is 3.28. The first kappa shape index (κ1) is 16.7. The summed E-state index contributed by atoms with van der Waals surface area (Å²) in [7, 11) is 0. The minimum atomic E-state index is 0.00324. The summed E-state index contributed by atoms with van der Waals surface area (Å²) in [5.74, 6) is 0.463. The van der Waals surface area contributed by atoms with Crippen LogP contribution in [0.15, 0.2) is 48.5 Å². The van der Waals surface area contributed by atoms with E-state index < -0.39 is 0 Å². The van der Waals surface area contributed by atoms with Gasteiger partial charge in [-0.3, -0.25) is 4.79 Å². The number of amides is 1. The van der Waals surface area contributed by atoms with Crippen molar-refractivity contribution in [3.8, 4) is 0 Å². The molecule has 2 aromatic rings. The molecule has 0 aromatic heterocycles. The first-order valence-electron chi connectivity index (χ1n) is 8.76. The standard InChI is InChI=1S/C21H26N2O/c1-15(2)20(11-16-6-4-3-5-7-16)21(24)23-12-17-8-9-18-13-22-14-19(18)10-17/h3-10,15,20,22H,11-14H2,1-2H3,(H,23,24). The van der Waals surface area contributed by atoms with Crippen molar-refractivity contribution in [3.05, 3.63) is 70.8 Å². The molecule has 126 valence electrons. The third kappa shape index (κ3) is 4.04. The van der Waals surface area contributed by atoms with Crippen molar-refractivity contribution < 1.29 is 4.79 Å². The SMILES string of the molecule is CC(C)C(Cc1ccccc1)C(=O)NCc1ccc2c(c1)CNC2. The lowest BCUT2D eigenvalue weighted by Gasteiger charge is -2.20. The van der Waals surface area contributed by atoms with E-state index in [9.17, 15) is 4.79 Å². The molecule has 0 saturated heterocycles. The van der Waals surface area contributed by atoms with Crippen LogP contribution in [-0.2, 0) is 30.8 Å². The highest BCUT2D eigenvalue weighted by Crippen LogP contribution is 2.19. The second-order valence-corrected chi connectivity index (χ2v) is 6.96. The summed E-state index contributed by atoms with van der Waals surface area (Å²) in [6.45, 7) is 6.72. The van der Waals surface area contributed by atoms with Crippen molar-refractivity contribution in [2.24, 2.45) is 11.8 Å². The van der Waals surface area contributed by atoms with E-state index in [4.69, 9.17) is 0 Å². The summed E-state index contributed by atoms with van der Waals surface area (Å²) < 4.78 is 0. The van der Waals surface area contributed by atoms with Crippen LogP contribution in [0.1, 0.15) is 36.1 Å². The Hall–Kier alpha value is -2.13. The maximum atomic E-state index is 12.7. The van der Waals surface area contributed by atoms with Crippen LogP contribution in [0.2, 0.25) is 0 Å². The smallest absolute Gasteiger partial charge is 0.223 e. The Balaban J connectivity index is 1.61. The van der Waals surface area contributed by atoms with E-state index in [1.807, 2.05) is 18.2 Å². The molecule has 3 heteroatoms. The number of fused-ring (bicyclic) bond motifs is 1. The fourth-order valence-corrected chi connectivity index (χ4v) is 3.28. The van der Waals surface area contributed by atoms with Gasteiger partial charge in [0.05, 0.1) is 0 Å². The number of rotatable bonds is 6. The van der Waals surface area contributed by atoms with Gasteiger partial charge in [-0.15, -0.1) is 0 Å². The van der Waals surface area contributed by atoms with E-state index in [0.29, 0.717) is 12.5 Å². The zero-order valence-electron chi connectivity index (χ0n) is 14.5. The van der Waals surface area contributed by atoms with Gasteiger partial charge in [0.15, 0.2) is 0 Å². The van der Waals surface area contributed by atoms with Gasteiger partial charge in [-0.1, -0.05) is 62.4 Å². The third-order valence-corrected chi connectivity index (χ3v) is 4.81. The second kappa shape index (κ2) is 7.63. The molecule has 1 aliphatic rings. The van der Waals surface area contributed by atoms with Crippen LogP contribution >= 0.6 is 0 Å². The Labute approximate surface area is 144 Å².